The Balaban J connectivity index is 0. The van der Waals surface area contributed by atoms with Crippen LogP contribution in [0.1, 0.15) is 34.1 Å². The van der Waals surface area contributed by atoms with Crippen molar-refractivity contribution in [3.63, 3.8) is 0 Å². The molecule has 0 heterocycles. The smallest absolute Gasteiger partial charge is 0.0646 e. The monoisotopic (exact) mass is 238 g/mol. The fraction of sp³-hybridized carbons (Fsp3) is 0.889. The quantitative estimate of drug-likeness (QED) is 0.429. The maximum absolute atomic E-state index is 7.86. The van der Waals surface area contributed by atoms with E-state index >= 15 is 0 Å². The first-order valence-corrected chi connectivity index (χ1v) is 5.41. The van der Waals surface area contributed by atoms with Gasteiger partial charge in [0.15, 0.2) is 0 Å². The number of hydrogen-bond donors (Lipinski definition) is 0. The highest BCUT2D eigenvalue weighted by molar-refractivity contribution is 7.09. The topological polar surface area (TPSA) is 36.3 Å². The summed E-state index contributed by atoms with van der Waals surface area (Å²) < 4.78 is 6.28. The van der Waals surface area contributed by atoms with Crippen LogP contribution in [0.25, 0.3) is 0 Å². The van der Waals surface area contributed by atoms with Crippen molar-refractivity contribution in [2.45, 2.75) is 46.2 Å². The van der Waals surface area contributed by atoms with Crippen LogP contribution in [0.2, 0.25) is 0 Å². The summed E-state index contributed by atoms with van der Waals surface area (Å²) in [6, 6.07) is 2.81. The van der Waals surface area contributed by atoms with Gasteiger partial charge in [-0.2, -0.15) is 5.26 Å². The van der Waals surface area contributed by atoms with Crippen molar-refractivity contribution < 1.29 is 4.52 Å². The van der Waals surface area contributed by atoms with E-state index in [1.165, 1.54) is 0 Å². The lowest BCUT2D eigenvalue weighted by atomic mass is 10.3. The van der Waals surface area contributed by atoms with Crippen molar-refractivity contribution in [1.29, 1.82) is 5.26 Å². The molecule has 0 amide bonds. The summed E-state index contributed by atoms with van der Waals surface area (Å²) in [5.74, 6) is 0. The Morgan fingerprint density at radius 1 is 1.36 bits per heavy atom. The third kappa shape index (κ3) is 12.1. The average molecular weight is 239 g/mol. The first-order chi connectivity index (χ1) is 6.47. The Kier molecular flexibility index (Phi) is 13.3. The molecule has 0 aliphatic rings. The van der Waals surface area contributed by atoms with Gasteiger partial charge >= 0.3 is 0 Å². The second-order valence-corrected chi connectivity index (χ2v) is 4.03. The number of hydrogen-bond acceptors (Lipinski definition) is 3. The molecule has 0 saturated carbocycles. The predicted molar refractivity (Wildman–Crippen MR) is 63.9 cm³/mol. The summed E-state index contributed by atoms with van der Waals surface area (Å²) in [4.78, 5) is 0. The third-order valence-corrected chi connectivity index (χ3v) is 2.33. The lowest BCUT2D eigenvalue weighted by Gasteiger charge is -2.21. The van der Waals surface area contributed by atoms with Gasteiger partial charge < -0.3 is 4.52 Å². The van der Waals surface area contributed by atoms with Crippen molar-refractivity contribution >= 4 is 21.2 Å². The number of nitriles is 1. The van der Waals surface area contributed by atoms with Crippen LogP contribution in [-0.2, 0) is 4.52 Å². The van der Waals surface area contributed by atoms with Crippen LogP contribution in [0.3, 0.4) is 0 Å². The van der Waals surface area contributed by atoms with Crippen LogP contribution < -0.4 is 0 Å². The van der Waals surface area contributed by atoms with Crippen molar-refractivity contribution in [3.05, 3.63) is 0 Å². The molecule has 0 aromatic rings. The highest BCUT2D eigenvalue weighted by atomic mass is 35.5. The zero-order valence-electron chi connectivity index (χ0n) is 9.33. The molecule has 0 N–H and O–H groups in total. The van der Waals surface area contributed by atoms with Crippen LogP contribution in [-0.4, -0.2) is 23.1 Å². The largest absolute Gasteiger partial charge is 0.365 e. The minimum atomic E-state index is 0.441. The Morgan fingerprint density at radius 3 is 1.86 bits per heavy atom. The van der Waals surface area contributed by atoms with Gasteiger partial charge in [-0.15, -0.1) is 0 Å². The van der Waals surface area contributed by atoms with Gasteiger partial charge in [-0.3, -0.25) is 0 Å². The van der Waals surface area contributed by atoms with Gasteiger partial charge in [0, 0.05) is 21.6 Å². The molecule has 1 unspecified atom stereocenters. The number of rotatable bonds is 4. The first kappa shape index (κ1) is 16.6. The Labute approximate surface area is 94.8 Å². The zero-order valence-corrected chi connectivity index (χ0v) is 11.2. The van der Waals surface area contributed by atoms with Crippen molar-refractivity contribution in [3.8, 4) is 6.07 Å². The van der Waals surface area contributed by atoms with E-state index in [1.54, 1.807) is 4.42 Å². The molecule has 1 atom stereocenters. The van der Waals surface area contributed by atoms with E-state index < -0.39 is 0 Å². The van der Waals surface area contributed by atoms with Crippen molar-refractivity contribution in [2.24, 2.45) is 0 Å². The van der Waals surface area contributed by atoms with E-state index in [-0.39, 0.29) is 0 Å². The minimum absolute atomic E-state index is 0.441. The molecule has 14 heavy (non-hydrogen) atoms. The molecule has 0 bridgehead atoms. The molecule has 0 aliphatic heterocycles. The SMILES string of the molecule is CC(C)N(Cl)C(C)C.N#CCCOP. The predicted octanol–water partition coefficient (Wildman–Crippen LogP) is 2.97. The molecule has 84 valence electrons. The fourth-order valence-electron chi connectivity index (χ4n) is 0.701. The third-order valence-electron chi connectivity index (χ3n) is 1.32. The van der Waals surface area contributed by atoms with Crippen molar-refractivity contribution in [2.75, 3.05) is 6.61 Å². The molecule has 3 nitrogen and oxygen atoms in total. The molecule has 0 aromatic carbocycles. The Morgan fingerprint density at radius 2 is 1.79 bits per heavy atom. The Hall–Kier alpha value is 0.130. The van der Waals surface area contributed by atoms with Gasteiger partial charge in [-0.25, -0.2) is 4.42 Å². The second-order valence-electron chi connectivity index (χ2n) is 3.31. The summed E-state index contributed by atoms with van der Waals surface area (Å²) in [5, 5.41) is 7.86. The van der Waals surface area contributed by atoms with Gasteiger partial charge in [0.1, 0.15) is 0 Å². The van der Waals surface area contributed by atoms with Gasteiger partial charge in [-0.1, -0.05) is 0 Å². The number of nitrogens with zero attached hydrogens (tertiary/aromatic N) is 2. The van der Waals surface area contributed by atoms with Gasteiger partial charge in [0.05, 0.1) is 19.1 Å². The second kappa shape index (κ2) is 11.2. The molecular formula is C9H20ClN2OP. The highest BCUT2D eigenvalue weighted by Gasteiger charge is 2.07. The molecule has 5 heteroatoms. The summed E-state index contributed by atoms with van der Waals surface area (Å²) in [6.07, 6.45) is 0.476. The standard InChI is InChI=1S/C6H14ClN.C3H6NOP/c1-5(2)8(7)6(3)4;4-2-1-3-5-6/h5-6H,1-4H3;1,3,6H2. The van der Waals surface area contributed by atoms with Crippen LogP contribution in [0.5, 0.6) is 0 Å². The van der Waals surface area contributed by atoms with Crippen LogP contribution >= 0.6 is 21.2 Å². The molecule has 0 spiro atoms. The van der Waals surface area contributed by atoms with E-state index in [1.807, 2.05) is 6.07 Å². The van der Waals surface area contributed by atoms with Gasteiger partial charge in [0.2, 0.25) is 0 Å². The minimum Gasteiger partial charge on any atom is -0.365 e. The fourth-order valence-corrected chi connectivity index (χ4v) is 0.819. The average Bonchev–Trinajstić information content (AvgIpc) is 2.14. The molecule has 0 fully saturated rings. The molecular weight excluding hydrogens is 219 g/mol. The molecule has 0 aliphatic carbocycles. The van der Waals surface area contributed by atoms with E-state index in [0.29, 0.717) is 25.1 Å². The Bertz CT molecular complexity index is 151. The van der Waals surface area contributed by atoms with Crippen LogP contribution in [0.15, 0.2) is 0 Å². The number of halogens is 1. The molecule has 0 aromatic heterocycles. The van der Waals surface area contributed by atoms with E-state index in [9.17, 15) is 0 Å². The zero-order chi connectivity index (χ0) is 11.6. The summed E-state index contributed by atoms with van der Waals surface area (Å²) in [5.41, 5.74) is 0. The van der Waals surface area contributed by atoms with E-state index in [4.69, 9.17) is 17.0 Å². The maximum atomic E-state index is 7.86. The molecule has 0 saturated heterocycles. The summed E-state index contributed by atoms with van der Waals surface area (Å²) >= 11 is 5.78. The summed E-state index contributed by atoms with van der Waals surface area (Å²) in [6.45, 7) is 8.82. The van der Waals surface area contributed by atoms with Crippen LogP contribution in [0, 0.1) is 11.3 Å². The molecule has 0 radical (unpaired) electrons. The van der Waals surface area contributed by atoms with Crippen molar-refractivity contribution in [1.82, 2.24) is 4.42 Å². The van der Waals surface area contributed by atoms with Gasteiger partial charge in [-0.05, 0) is 39.5 Å². The normalized spacial score (nSPS) is 10.0. The maximum Gasteiger partial charge on any atom is 0.0646 e. The lowest BCUT2D eigenvalue weighted by molar-refractivity contribution is 0.321. The van der Waals surface area contributed by atoms with Gasteiger partial charge in [0.25, 0.3) is 0 Å². The summed E-state index contributed by atoms with van der Waals surface area (Å²) in [7, 11) is 2.08. The van der Waals surface area contributed by atoms with Crippen LogP contribution in [0.4, 0.5) is 0 Å². The highest BCUT2D eigenvalue weighted by Crippen LogP contribution is 2.06. The lowest BCUT2D eigenvalue weighted by Crippen LogP contribution is -2.27. The first-order valence-electron chi connectivity index (χ1n) is 4.60. The van der Waals surface area contributed by atoms with E-state index in [2.05, 4.69) is 41.7 Å². The van der Waals surface area contributed by atoms with E-state index in [0.717, 1.165) is 0 Å². The molecule has 0 rings (SSSR count).